The summed E-state index contributed by atoms with van der Waals surface area (Å²) in [6, 6.07) is 13.5. The Hall–Kier alpha value is -3.86. The summed E-state index contributed by atoms with van der Waals surface area (Å²) in [5.41, 5.74) is 10.2. The van der Waals surface area contributed by atoms with Gasteiger partial charge in [-0.15, -0.1) is 0 Å². The molecule has 5 nitrogen and oxygen atoms in total. The Kier molecular flexibility index (Phi) is 7.84. The van der Waals surface area contributed by atoms with E-state index in [0.29, 0.717) is 23.7 Å². The van der Waals surface area contributed by atoms with Gasteiger partial charge in [0, 0.05) is 31.2 Å². The maximum atomic E-state index is 3.82. The van der Waals surface area contributed by atoms with E-state index in [0.717, 1.165) is 29.5 Å². The first kappa shape index (κ1) is 27.7. The molecule has 0 amide bonds. The molecular formula is C35H45N5. The summed E-state index contributed by atoms with van der Waals surface area (Å²) in [7, 11) is 0. The minimum absolute atomic E-state index is 0.417. The van der Waals surface area contributed by atoms with E-state index in [4.69, 9.17) is 0 Å². The Morgan fingerprint density at radius 2 is 1.02 bits per heavy atom. The van der Waals surface area contributed by atoms with Crippen molar-refractivity contribution in [2.24, 2.45) is 0 Å². The molecule has 3 heterocycles. The van der Waals surface area contributed by atoms with Crippen molar-refractivity contribution in [3.05, 3.63) is 119 Å². The van der Waals surface area contributed by atoms with Crippen LogP contribution in [-0.4, -0.2) is 0 Å². The predicted molar refractivity (Wildman–Crippen MR) is 170 cm³/mol. The van der Waals surface area contributed by atoms with Crippen molar-refractivity contribution in [2.75, 3.05) is 9.80 Å². The molecule has 5 rings (SSSR count). The van der Waals surface area contributed by atoms with Crippen LogP contribution in [0.5, 0.6) is 0 Å². The van der Waals surface area contributed by atoms with Crippen LogP contribution in [0.4, 0.5) is 11.4 Å². The Labute approximate surface area is 241 Å². The summed E-state index contributed by atoms with van der Waals surface area (Å²) in [6.45, 7) is 18.2. The standard InChI is InChI=1S/C35H45N5/c1-22(2)26-12-9-13-27(23(3)4)32(26)39-20-18-36-34(39)30-16-11-17-31(38-30)35-37-19-21-40(35)33-28(24(5)6)14-10-15-29(33)25(7)8/h9-16,18-25,36-38H,17H2,1-8H3. The minimum atomic E-state index is 0.417. The van der Waals surface area contributed by atoms with Crippen molar-refractivity contribution in [2.45, 2.75) is 85.5 Å². The maximum absolute atomic E-state index is 3.82. The first-order chi connectivity index (χ1) is 19.2. The van der Waals surface area contributed by atoms with Crippen LogP contribution < -0.4 is 25.8 Å². The fraction of sp³-hybridized carbons (Fsp3) is 0.371. The Balaban J connectivity index is 1.58. The van der Waals surface area contributed by atoms with Gasteiger partial charge in [0.1, 0.15) is 11.6 Å². The van der Waals surface area contributed by atoms with Crippen LogP contribution in [-0.2, 0) is 0 Å². The van der Waals surface area contributed by atoms with Crippen molar-refractivity contribution in [3.63, 3.8) is 0 Å². The van der Waals surface area contributed by atoms with E-state index < -0.39 is 0 Å². The van der Waals surface area contributed by atoms with Crippen molar-refractivity contribution < 1.29 is 0 Å². The molecule has 0 bridgehead atoms. The largest absolute Gasteiger partial charge is 0.353 e. The summed E-state index contributed by atoms with van der Waals surface area (Å²) >= 11 is 0. The molecule has 210 valence electrons. The second-order valence-electron chi connectivity index (χ2n) is 12.2. The monoisotopic (exact) mass is 535 g/mol. The lowest BCUT2D eigenvalue weighted by molar-refractivity contribution is 0.798. The summed E-state index contributed by atoms with van der Waals surface area (Å²) in [6.07, 6.45) is 13.7. The van der Waals surface area contributed by atoms with E-state index in [1.807, 2.05) is 12.4 Å². The third-order valence-electron chi connectivity index (χ3n) is 7.97. The van der Waals surface area contributed by atoms with Crippen LogP contribution in [0.2, 0.25) is 0 Å². The fourth-order valence-electron chi connectivity index (χ4n) is 5.91. The number of allylic oxidation sites excluding steroid dienone is 2. The van der Waals surface area contributed by atoms with Crippen molar-refractivity contribution in [1.29, 1.82) is 0 Å². The first-order valence-electron chi connectivity index (χ1n) is 14.8. The molecule has 0 aromatic heterocycles. The summed E-state index contributed by atoms with van der Waals surface area (Å²) < 4.78 is 0. The van der Waals surface area contributed by atoms with E-state index in [2.05, 4.69) is 142 Å². The van der Waals surface area contributed by atoms with Crippen LogP contribution in [0.3, 0.4) is 0 Å². The van der Waals surface area contributed by atoms with Gasteiger partial charge in [0.05, 0.1) is 22.8 Å². The summed E-state index contributed by atoms with van der Waals surface area (Å²) in [5, 5.41) is 10.9. The smallest absolute Gasteiger partial charge is 0.138 e. The van der Waals surface area contributed by atoms with E-state index >= 15 is 0 Å². The van der Waals surface area contributed by atoms with E-state index in [1.165, 1.54) is 33.6 Å². The Morgan fingerprint density at radius 3 is 1.48 bits per heavy atom. The number of hydrogen-bond donors (Lipinski definition) is 3. The zero-order valence-corrected chi connectivity index (χ0v) is 25.3. The van der Waals surface area contributed by atoms with Crippen molar-refractivity contribution >= 4 is 11.4 Å². The van der Waals surface area contributed by atoms with E-state index in [1.54, 1.807) is 0 Å². The van der Waals surface area contributed by atoms with Gasteiger partial charge >= 0.3 is 0 Å². The summed E-state index contributed by atoms with van der Waals surface area (Å²) in [4.78, 5) is 4.67. The predicted octanol–water partition coefficient (Wildman–Crippen LogP) is 8.53. The number of nitrogens with one attached hydrogen (secondary N) is 3. The van der Waals surface area contributed by atoms with Gasteiger partial charge < -0.3 is 16.0 Å². The molecule has 0 atom stereocenters. The summed E-state index contributed by atoms with van der Waals surface area (Å²) in [5.74, 6) is 3.81. The number of para-hydroxylation sites is 2. The van der Waals surface area contributed by atoms with Gasteiger partial charge in [0.15, 0.2) is 0 Å². The lowest BCUT2D eigenvalue weighted by atomic mass is 9.92. The molecule has 0 saturated carbocycles. The third-order valence-corrected chi connectivity index (χ3v) is 7.97. The Bertz CT molecular complexity index is 1360. The van der Waals surface area contributed by atoms with E-state index in [9.17, 15) is 0 Å². The minimum Gasteiger partial charge on any atom is -0.353 e. The highest BCUT2D eigenvalue weighted by Gasteiger charge is 2.29. The number of nitrogens with zero attached hydrogens (tertiary/aromatic N) is 2. The topological polar surface area (TPSA) is 42.6 Å². The highest BCUT2D eigenvalue weighted by Crippen LogP contribution is 2.40. The van der Waals surface area contributed by atoms with Crippen LogP contribution in [0.25, 0.3) is 0 Å². The number of anilines is 2. The molecular weight excluding hydrogens is 490 g/mol. The molecule has 0 saturated heterocycles. The maximum Gasteiger partial charge on any atom is 0.138 e. The molecule has 40 heavy (non-hydrogen) atoms. The highest BCUT2D eigenvalue weighted by atomic mass is 15.3. The van der Waals surface area contributed by atoms with Crippen molar-refractivity contribution in [1.82, 2.24) is 16.0 Å². The average molecular weight is 536 g/mol. The lowest BCUT2D eigenvalue weighted by Crippen LogP contribution is -2.32. The fourth-order valence-corrected chi connectivity index (χ4v) is 5.91. The quantitative estimate of drug-likeness (QED) is 0.346. The molecule has 0 aliphatic carbocycles. The number of rotatable bonds is 6. The molecule has 2 aromatic rings. The average Bonchev–Trinajstić information content (AvgIpc) is 3.62. The molecule has 3 N–H and O–H groups in total. The van der Waals surface area contributed by atoms with Crippen molar-refractivity contribution in [3.8, 4) is 0 Å². The molecule has 0 radical (unpaired) electrons. The van der Waals surface area contributed by atoms with Gasteiger partial charge in [-0.25, -0.2) is 0 Å². The molecule has 0 spiro atoms. The zero-order chi connectivity index (χ0) is 28.6. The van der Waals surface area contributed by atoms with Crippen LogP contribution in [0, 0.1) is 0 Å². The number of benzene rings is 2. The van der Waals surface area contributed by atoms with Gasteiger partial charge in [-0.05, 0) is 52.0 Å². The molecule has 0 fully saturated rings. The number of hydrogen-bond acceptors (Lipinski definition) is 5. The molecule has 5 heteroatoms. The van der Waals surface area contributed by atoms with Crippen LogP contribution in [0.1, 0.15) is 108 Å². The molecule has 3 aliphatic rings. The SMILES string of the molecule is CC(C)c1cccc(C(C)C)c1N1C=CNC1=C1C=CCC(=C2NC=CN2c2c(C(C)C)cccc2C(C)C)N1. The molecule has 0 unspecified atom stereocenters. The second-order valence-corrected chi connectivity index (χ2v) is 12.2. The van der Waals surface area contributed by atoms with Gasteiger partial charge in [-0.1, -0.05) is 97.9 Å². The van der Waals surface area contributed by atoms with Crippen LogP contribution >= 0.6 is 0 Å². The first-order valence-corrected chi connectivity index (χ1v) is 14.8. The van der Waals surface area contributed by atoms with Gasteiger partial charge in [0.2, 0.25) is 0 Å². The second kappa shape index (κ2) is 11.3. The van der Waals surface area contributed by atoms with Gasteiger partial charge in [-0.3, -0.25) is 9.80 Å². The zero-order valence-electron chi connectivity index (χ0n) is 25.3. The van der Waals surface area contributed by atoms with Crippen LogP contribution in [0.15, 0.2) is 96.4 Å². The van der Waals surface area contributed by atoms with Gasteiger partial charge in [-0.2, -0.15) is 0 Å². The normalized spacial score (nSPS) is 20.4. The molecule has 2 aromatic carbocycles. The van der Waals surface area contributed by atoms with Gasteiger partial charge in [0.25, 0.3) is 0 Å². The lowest BCUT2D eigenvalue weighted by Gasteiger charge is -2.31. The molecule has 3 aliphatic heterocycles. The highest BCUT2D eigenvalue weighted by molar-refractivity contribution is 5.70. The third kappa shape index (κ3) is 5.05. The Morgan fingerprint density at radius 1 is 0.600 bits per heavy atom. The van der Waals surface area contributed by atoms with E-state index in [-0.39, 0.29) is 0 Å².